The van der Waals surface area contributed by atoms with Gasteiger partial charge in [0.05, 0.1) is 0 Å². The predicted molar refractivity (Wildman–Crippen MR) is 72.8 cm³/mol. The standard InChI is InChI=1S/C15H23FN2/c1-11(12-7-8-12)18(2)10-9-15(17)13-5-3-4-6-14(13)16/h3-6,11-12,15H,7-10,17H2,1-2H3. The van der Waals surface area contributed by atoms with Gasteiger partial charge in [-0.1, -0.05) is 18.2 Å². The Kier molecular flexibility index (Phi) is 4.36. The molecule has 18 heavy (non-hydrogen) atoms. The molecule has 1 aromatic rings. The van der Waals surface area contributed by atoms with E-state index in [1.165, 1.54) is 18.9 Å². The molecule has 1 aliphatic carbocycles. The lowest BCUT2D eigenvalue weighted by atomic mass is 10.0. The average Bonchev–Trinajstić information content (AvgIpc) is 3.19. The molecule has 1 fully saturated rings. The second kappa shape index (κ2) is 5.81. The van der Waals surface area contributed by atoms with Crippen molar-refractivity contribution in [1.82, 2.24) is 4.90 Å². The van der Waals surface area contributed by atoms with Crippen LogP contribution in [0.5, 0.6) is 0 Å². The maximum absolute atomic E-state index is 13.6. The lowest BCUT2D eigenvalue weighted by molar-refractivity contribution is 0.226. The van der Waals surface area contributed by atoms with E-state index in [9.17, 15) is 4.39 Å². The van der Waals surface area contributed by atoms with E-state index in [2.05, 4.69) is 18.9 Å². The Morgan fingerprint density at radius 1 is 1.39 bits per heavy atom. The monoisotopic (exact) mass is 250 g/mol. The Hall–Kier alpha value is -0.930. The lowest BCUT2D eigenvalue weighted by Gasteiger charge is -2.26. The number of rotatable bonds is 6. The van der Waals surface area contributed by atoms with Crippen LogP contribution in [0.4, 0.5) is 4.39 Å². The summed E-state index contributed by atoms with van der Waals surface area (Å²) in [5.41, 5.74) is 6.70. The first-order valence-corrected chi connectivity index (χ1v) is 6.80. The van der Waals surface area contributed by atoms with Gasteiger partial charge in [-0.15, -0.1) is 0 Å². The van der Waals surface area contributed by atoms with Crippen LogP contribution in [0, 0.1) is 11.7 Å². The normalized spacial score (nSPS) is 18.9. The molecule has 0 saturated heterocycles. The molecule has 2 rings (SSSR count). The zero-order valence-electron chi connectivity index (χ0n) is 11.3. The van der Waals surface area contributed by atoms with Crippen LogP contribution in [0.2, 0.25) is 0 Å². The van der Waals surface area contributed by atoms with Crippen molar-refractivity contribution in [1.29, 1.82) is 0 Å². The molecule has 2 nitrogen and oxygen atoms in total. The van der Waals surface area contributed by atoms with Crippen molar-refractivity contribution in [2.24, 2.45) is 11.7 Å². The van der Waals surface area contributed by atoms with Gasteiger partial charge in [-0.05, 0) is 51.8 Å². The van der Waals surface area contributed by atoms with Crippen LogP contribution in [0.25, 0.3) is 0 Å². The molecule has 1 aliphatic rings. The molecule has 0 spiro atoms. The fourth-order valence-corrected chi connectivity index (χ4v) is 2.42. The Bertz CT molecular complexity index is 390. The predicted octanol–water partition coefficient (Wildman–Crippen LogP) is 2.95. The van der Waals surface area contributed by atoms with Gasteiger partial charge >= 0.3 is 0 Å². The molecule has 1 aromatic carbocycles. The van der Waals surface area contributed by atoms with Gasteiger partial charge in [0.2, 0.25) is 0 Å². The fourth-order valence-electron chi connectivity index (χ4n) is 2.42. The third-order valence-electron chi connectivity index (χ3n) is 4.10. The number of nitrogens with two attached hydrogens (primary N) is 1. The van der Waals surface area contributed by atoms with E-state index in [1.54, 1.807) is 12.1 Å². The largest absolute Gasteiger partial charge is 0.324 e. The van der Waals surface area contributed by atoms with Gasteiger partial charge in [0, 0.05) is 17.6 Å². The van der Waals surface area contributed by atoms with Crippen LogP contribution >= 0.6 is 0 Å². The smallest absolute Gasteiger partial charge is 0.127 e. The third-order valence-corrected chi connectivity index (χ3v) is 4.10. The minimum absolute atomic E-state index is 0.192. The molecule has 2 unspecified atom stereocenters. The van der Waals surface area contributed by atoms with Gasteiger partial charge in [0.25, 0.3) is 0 Å². The van der Waals surface area contributed by atoms with Crippen LogP contribution in [0.1, 0.15) is 37.8 Å². The van der Waals surface area contributed by atoms with E-state index in [-0.39, 0.29) is 11.9 Å². The van der Waals surface area contributed by atoms with Gasteiger partial charge < -0.3 is 10.6 Å². The van der Waals surface area contributed by atoms with E-state index >= 15 is 0 Å². The average molecular weight is 250 g/mol. The summed E-state index contributed by atoms with van der Waals surface area (Å²) >= 11 is 0. The molecular weight excluding hydrogens is 227 g/mol. The summed E-state index contributed by atoms with van der Waals surface area (Å²) in [6, 6.07) is 7.22. The zero-order valence-corrected chi connectivity index (χ0v) is 11.3. The molecule has 100 valence electrons. The Morgan fingerprint density at radius 2 is 2.06 bits per heavy atom. The summed E-state index contributed by atoms with van der Waals surface area (Å²) < 4.78 is 13.6. The van der Waals surface area contributed by atoms with E-state index < -0.39 is 0 Å². The van der Waals surface area contributed by atoms with E-state index in [0.717, 1.165) is 18.9 Å². The maximum Gasteiger partial charge on any atom is 0.127 e. The van der Waals surface area contributed by atoms with Crippen molar-refractivity contribution in [3.05, 3.63) is 35.6 Å². The molecule has 2 atom stereocenters. The van der Waals surface area contributed by atoms with Gasteiger partial charge in [0.1, 0.15) is 5.82 Å². The number of hydrogen-bond acceptors (Lipinski definition) is 2. The van der Waals surface area contributed by atoms with Crippen LogP contribution in [0.15, 0.2) is 24.3 Å². The first kappa shape index (κ1) is 13.5. The minimum atomic E-state index is -0.208. The molecule has 2 N–H and O–H groups in total. The van der Waals surface area contributed by atoms with Gasteiger partial charge in [0.15, 0.2) is 0 Å². The summed E-state index contributed by atoms with van der Waals surface area (Å²) in [5.74, 6) is 0.669. The summed E-state index contributed by atoms with van der Waals surface area (Å²) in [6.45, 7) is 3.19. The number of halogens is 1. The fraction of sp³-hybridized carbons (Fsp3) is 0.600. The number of benzene rings is 1. The van der Waals surface area contributed by atoms with Gasteiger partial charge in [-0.2, -0.15) is 0 Å². The highest BCUT2D eigenvalue weighted by atomic mass is 19.1. The highest BCUT2D eigenvalue weighted by Gasteiger charge is 2.30. The molecule has 1 saturated carbocycles. The van der Waals surface area contributed by atoms with Crippen molar-refractivity contribution in [2.45, 2.75) is 38.3 Å². The first-order chi connectivity index (χ1) is 8.59. The molecule has 0 bridgehead atoms. The second-order valence-electron chi connectivity index (χ2n) is 5.48. The molecular formula is C15H23FN2. The highest BCUT2D eigenvalue weighted by molar-refractivity contribution is 5.20. The molecule has 0 amide bonds. The summed E-state index contributed by atoms with van der Waals surface area (Å²) in [6.07, 6.45) is 3.50. The first-order valence-electron chi connectivity index (χ1n) is 6.80. The van der Waals surface area contributed by atoms with Crippen molar-refractivity contribution in [3.63, 3.8) is 0 Å². The topological polar surface area (TPSA) is 29.3 Å². The van der Waals surface area contributed by atoms with Crippen molar-refractivity contribution in [3.8, 4) is 0 Å². The quantitative estimate of drug-likeness (QED) is 0.841. The zero-order chi connectivity index (χ0) is 13.1. The summed E-state index contributed by atoms with van der Waals surface area (Å²) in [7, 11) is 2.14. The highest BCUT2D eigenvalue weighted by Crippen LogP contribution is 2.34. The number of nitrogens with zero attached hydrogens (tertiary/aromatic N) is 1. The molecule has 0 aliphatic heterocycles. The van der Waals surface area contributed by atoms with Gasteiger partial charge in [-0.25, -0.2) is 4.39 Å². The Morgan fingerprint density at radius 3 is 2.67 bits per heavy atom. The van der Waals surface area contributed by atoms with E-state index in [0.29, 0.717) is 11.6 Å². The van der Waals surface area contributed by atoms with Crippen LogP contribution in [-0.2, 0) is 0 Å². The van der Waals surface area contributed by atoms with Crippen LogP contribution in [-0.4, -0.2) is 24.5 Å². The van der Waals surface area contributed by atoms with Gasteiger partial charge in [-0.3, -0.25) is 0 Å². The van der Waals surface area contributed by atoms with Crippen molar-refractivity contribution < 1.29 is 4.39 Å². The third kappa shape index (κ3) is 3.30. The Balaban J connectivity index is 1.84. The SMILES string of the molecule is CC(C1CC1)N(C)CCC(N)c1ccccc1F. The summed E-state index contributed by atoms with van der Waals surface area (Å²) in [5, 5.41) is 0. The van der Waals surface area contributed by atoms with E-state index in [1.807, 2.05) is 6.07 Å². The minimum Gasteiger partial charge on any atom is -0.324 e. The second-order valence-corrected chi connectivity index (χ2v) is 5.48. The molecule has 0 aromatic heterocycles. The molecule has 0 heterocycles. The molecule has 3 heteroatoms. The van der Waals surface area contributed by atoms with Crippen LogP contribution < -0.4 is 5.73 Å². The lowest BCUT2D eigenvalue weighted by Crippen LogP contribution is -2.33. The maximum atomic E-state index is 13.6. The van der Waals surface area contributed by atoms with Crippen LogP contribution in [0.3, 0.4) is 0 Å². The summed E-state index contributed by atoms with van der Waals surface area (Å²) in [4.78, 5) is 2.35. The van der Waals surface area contributed by atoms with Crippen molar-refractivity contribution >= 4 is 0 Å². The Labute approximate surface area is 109 Å². The molecule has 0 radical (unpaired) electrons. The van der Waals surface area contributed by atoms with Crippen molar-refractivity contribution in [2.75, 3.05) is 13.6 Å². The van der Waals surface area contributed by atoms with E-state index in [4.69, 9.17) is 5.73 Å². The number of hydrogen-bond donors (Lipinski definition) is 1.